The lowest BCUT2D eigenvalue weighted by molar-refractivity contribution is -0.121. The highest BCUT2D eigenvalue weighted by Crippen LogP contribution is 2.27. The van der Waals surface area contributed by atoms with Crippen molar-refractivity contribution in [3.05, 3.63) is 0 Å². The second-order valence-corrected chi connectivity index (χ2v) is 4.37. The lowest BCUT2D eigenvalue weighted by atomic mass is 9.94. The van der Waals surface area contributed by atoms with Crippen LogP contribution in [0.1, 0.15) is 44.9 Å². The molecule has 0 aromatic rings. The van der Waals surface area contributed by atoms with Crippen LogP contribution in [0.2, 0.25) is 0 Å². The molecule has 1 saturated heterocycles. The molecule has 2 rings (SSSR count). The van der Waals surface area contributed by atoms with E-state index in [4.69, 9.17) is 0 Å². The first-order valence-corrected chi connectivity index (χ1v) is 5.64. The van der Waals surface area contributed by atoms with Crippen molar-refractivity contribution in [1.82, 2.24) is 5.32 Å². The Kier molecular flexibility index (Phi) is 2.99. The molecule has 1 saturated carbocycles. The SMILES string of the molecule is O=C1CCC[C@H]1[C@@H]1CCCCCN1. The molecule has 2 heteroatoms. The summed E-state index contributed by atoms with van der Waals surface area (Å²) >= 11 is 0. The van der Waals surface area contributed by atoms with Crippen LogP contribution < -0.4 is 5.32 Å². The summed E-state index contributed by atoms with van der Waals surface area (Å²) in [5, 5.41) is 3.53. The average Bonchev–Trinajstić information content (AvgIpc) is 2.43. The van der Waals surface area contributed by atoms with Crippen LogP contribution >= 0.6 is 0 Å². The summed E-state index contributed by atoms with van der Waals surface area (Å²) in [6.45, 7) is 1.12. The highest BCUT2D eigenvalue weighted by molar-refractivity contribution is 5.83. The summed E-state index contributed by atoms with van der Waals surface area (Å²) in [6.07, 6.45) is 8.25. The van der Waals surface area contributed by atoms with Gasteiger partial charge in [-0.25, -0.2) is 0 Å². The third kappa shape index (κ3) is 2.11. The van der Waals surface area contributed by atoms with Gasteiger partial charge in [0, 0.05) is 18.4 Å². The minimum atomic E-state index is 0.359. The summed E-state index contributed by atoms with van der Waals surface area (Å²) in [5.74, 6) is 0.873. The predicted molar refractivity (Wildman–Crippen MR) is 52.6 cm³/mol. The first-order chi connectivity index (χ1) is 6.38. The topological polar surface area (TPSA) is 29.1 Å². The molecule has 1 N–H and O–H groups in total. The van der Waals surface area contributed by atoms with Crippen LogP contribution in [0.3, 0.4) is 0 Å². The Morgan fingerprint density at radius 3 is 2.77 bits per heavy atom. The Bertz CT molecular complexity index is 183. The van der Waals surface area contributed by atoms with E-state index in [9.17, 15) is 4.79 Å². The van der Waals surface area contributed by atoms with Gasteiger partial charge in [0.2, 0.25) is 0 Å². The standard InChI is InChI=1S/C11H19NO/c13-11-7-4-5-9(11)10-6-2-1-3-8-12-10/h9-10,12H,1-8H2/t9-,10-/m0/s1. The maximum atomic E-state index is 11.5. The number of carbonyl (C=O) groups is 1. The van der Waals surface area contributed by atoms with Crippen LogP contribution in [0.15, 0.2) is 0 Å². The van der Waals surface area contributed by atoms with E-state index >= 15 is 0 Å². The van der Waals surface area contributed by atoms with Crippen molar-refractivity contribution < 1.29 is 4.79 Å². The van der Waals surface area contributed by atoms with Crippen LogP contribution in [0.25, 0.3) is 0 Å². The maximum Gasteiger partial charge on any atom is 0.137 e. The van der Waals surface area contributed by atoms with E-state index in [1.165, 1.54) is 25.7 Å². The van der Waals surface area contributed by atoms with Gasteiger partial charge in [-0.2, -0.15) is 0 Å². The lowest BCUT2D eigenvalue weighted by Gasteiger charge is -2.21. The molecule has 74 valence electrons. The van der Waals surface area contributed by atoms with Gasteiger partial charge in [-0.15, -0.1) is 0 Å². The minimum absolute atomic E-state index is 0.359. The molecule has 1 aliphatic carbocycles. The maximum absolute atomic E-state index is 11.5. The third-order valence-corrected chi connectivity index (χ3v) is 3.44. The highest BCUT2D eigenvalue weighted by Gasteiger charge is 2.31. The number of hydrogen-bond donors (Lipinski definition) is 1. The van der Waals surface area contributed by atoms with E-state index in [1.807, 2.05) is 0 Å². The molecular formula is C11H19NO. The van der Waals surface area contributed by atoms with Crippen LogP contribution in [-0.4, -0.2) is 18.4 Å². The number of rotatable bonds is 1. The molecule has 0 amide bonds. The molecule has 2 aliphatic rings. The fourth-order valence-corrected chi connectivity index (χ4v) is 2.67. The Morgan fingerprint density at radius 2 is 2.00 bits per heavy atom. The summed E-state index contributed by atoms with van der Waals surface area (Å²) in [5.41, 5.74) is 0. The Hall–Kier alpha value is -0.370. The number of carbonyl (C=O) groups excluding carboxylic acids is 1. The van der Waals surface area contributed by atoms with Gasteiger partial charge in [0.15, 0.2) is 0 Å². The average molecular weight is 181 g/mol. The molecule has 0 bridgehead atoms. The van der Waals surface area contributed by atoms with Crippen molar-refractivity contribution in [2.75, 3.05) is 6.54 Å². The number of ketones is 1. The monoisotopic (exact) mass is 181 g/mol. The fraction of sp³-hybridized carbons (Fsp3) is 0.909. The zero-order valence-electron chi connectivity index (χ0n) is 8.22. The minimum Gasteiger partial charge on any atom is -0.313 e. The van der Waals surface area contributed by atoms with Crippen molar-refractivity contribution in [2.45, 2.75) is 51.0 Å². The molecule has 2 fully saturated rings. The molecule has 0 unspecified atom stereocenters. The molecule has 13 heavy (non-hydrogen) atoms. The number of hydrogen-bond acceptors (Lipinski definition) is 2. The predicted octanol–water partition coefficient (Wildman–Crippen LogP) is 1.89. The van der Waals surface area contributed by atoms with Gasteiger partial charge in [-0.1, -0.05) is 12.8 Å². The third-order valence-electron chi connectivity index (χ3n) is 3.44. The van der Waals surface area contributed by atoms with Gasteiger partial charge in [0.05, 0.1) is 0 Å². The normalized spacial score (nSPS) is 36.2. The Labute approximate surface area is 80.1 Å². The first-order valence-electron chi connectivity index (χ1n) is 5.64. The Morgan fingerprint density at radius 1 is 1.08 bits per heavy atom. The molecule has 0 spiro atoms. The van der Waals surface area contributed by atoms with E-state index in [0.29, 0.717) is 17.7 Å². The van der Waals surface area contributed by atoms with Crippen molar-refractivity contribution >= 4 is 5.78 Å². The molecule has 1 aliphatic heterocycles. The number of nitrogens with one attached hydrogen (secondary N) is 1. The molecule has 2 atom stereocenters. The summed E-state index contributed by atoms with van der Waals surface area (Å²) in [6, 6.07) is 0.512. The van der Waals surface area contributed by atoms with Gasteiger partial charge in [-0.05, 0) is 32.2 Å². The summed E-state index contributed by atoms with van der Waals surface area (Å²) in [4.78, 5) is 11.5. The zero-order chi connectivity index (χ0) is 9.10. The quantitative estimate of drug-likeness (QED) is 0.669. The molecule has 0 radical (unpaired) electrons. The summed E-state index contributed by atoms with van der Waals surface area (Å²) < 4.78 is 0. The second-order valence-electron chi connectivity index (χ2n) is 4.37. The van der Waals surface area contributed by atoms with Crippen LogP contribution in [0, 0.1) is 5.92 Å². The van der Waals surface area contributed by atoms with Gasteiger partial charge in [-0.3, -0.25) is 4.79 Å². The van der Waals surface area contributed by atoms with Gasteiger partial charge in [0.25, 0.3) is 0 Å². The van der Waals surface area contributed by atoms with Gasteiger partial charge >= 0.3 is 0 Å². The molecule has 0 aromatic heterocycles. The fourth-order valence-electron chi connectivity index (χ4n) is 2.67. The lowest BCUT2D eigenvalue weighted by Crippen LogP contribution is -2.37. The number of Topliss-reactive ketones (excluding diaryl/α,β-unsaturated/α-hetero) is 1. The second kappa shape index (κ2) is 4.23. The van der Waals surface area contributed by atoms with Crippen LogP contribution in [-0.2, 0) is 4.79 Å². The molecule has 2 nitrogen and oxygen atoms in total. The van der Waals surface area contributed by atoms with E-state index in [1.54, 1.807) is 0 Å². The van der Waals surface area contributed by atoms with Crippen molar-refractivity contribution in [3.8, 4) is 0 Å². The summed E-state index contributed by atoms with van der Waals surface area (Å²) in [7, 11) is 0. The van der Waals surface area contributed by atoms with Gasteiger partial charge < -0.3 is 5.32 Å². The van der Waals surface area contributed by atoms with E-state index in [0.717, 1.165) is 25.8 Å². The van der Waals surface area contributed by atoms with E-state index in [2.05, 4.69) is 5.32 Å². The molecule has 0 aromatic carbocycles. The van der Waals surface area contributed by atoms with Crippen molar-refractivity contribution in [3.63, 3.8) is 0 Å². The molecule has 1 heterocycles. The van der Waals surface area contributed by atoms with Crippen molar-refractivity contribution in [1.29, 1.82) is 0 Å². The van der Waals surface area contributed by atoms with E-state index in [-0.39, 0.29) is 0 Å². The smallest absolute Gasteiger partial charge is 0.137 e. The van der Waals surface area contributed by atoms with E-state index < -0.39 is 0 Å². The van der Waals surface area contributed by atoms with Gasteiger partial charge in [0.1, 0.15) is 5.78 Å². The van der Waals surface area contributed by atoms with Crippen LogP contribution in [0.4, 0.5) is 0 Å². The molecular weight excluding hydrogens is 162 g/mol. The highest BCUT2D eigenvalue weighted by atomic mass is 16.1. The Balaban J connectivity index is 1.93. The van der Waals surface area contributed by atoms with Crippen molar-refractivity contribution in [2.24, 2.45) is 5.92 Å². The van der Waals surface area contributed by atoms with Crippen LogP contribution in [0.5, 0.6) is 0 Å². The first kappa shape index (κ1) is 9.20. The largest absolute Gasteiger partial charge is 0.313 e. The zero-order valence-corrected chi connectivity index (χ0v) is 8.22.